The molecular weight excluding hydrogens is 160 g/mol. The average molecular weight is 168 g/mol. The minimum atomic E-state index is -0.388. The summed E-state index contributed by atoms with van der Waals surface area (Å²) in [5.74, 6) is 0.691. The lowest BCUT2D eigenvalue weighted by Gasteiger charge is -2.03. The van der Waals surface area contributed by atoms with Crippen LogP contribution in [0.1, 0.15) is 17.4 Å². The molecule has 64 valence electrons. The minimum Gasteiger partial charge on any atom is -0.439 e. The van der Waals surface area contributed by atoms with E-state index in [2.05, 4.69) is 10.5 Å². The van der Waals surface area contributed by atoms with Crippen molar-refractivity contribution >= 4 is 6.09 Å². The first-order valence-corrected chi connectivity index (χ1v) is 3.63. The molecule has 0 saturated carbocycles. The summed E-state index contributed by atoms with van der Waals surface area (Å²) in [5.41, 5.74) is 0.827. The number of hydrogen-bond donors (Lipinski definition) is 1. The Morgan fingerprint density at radius 1 is 1.75 bits per heavy atom. The van der Waals surface area contributed by atoms with E-state index in [1.165, 1.54) is 0 Å². The number of alkyl carbamates (subject to hydrolysis) is 1. The van der Waals surface area contributed by atoms with E-state index < -0.39 is 0 Å². The molecule has 2 heterocycles. The van der Waals surface area contributed by atoms with Crippen molar-refractivity contribution in [3.8, 4) is 0 Å². The molecule has 0 aliphatic carbocycles. The first kappa shape index (κ1) is 7.15. The Morgan fingerprint density at radius 2 is 2.58 bits per heavy atom. The van der Waals surface area contributed by atoms with Crippen LogP contribution in [0.3, 0.4) is 0 Å². The summed E-state index contributed by atoms with van der Waals surface area (Å²) in [5, 5.41) is 6.15. The van der Waals surface area contributed by atoms with Crippen LogP contribution in [-0.4, -0.2) is 17.8 Å². The van der Waals surface area contributed by atoms with Gasteiger partial charge in [0.05, 0.1) is 18.3 Å². The predicted octanol–water partition coefficient (Wildman–Crippen LogP) is 0.764. The lowest BCUT2D eigenvalue weighted by atomic mass is 10.1. The molecule has 1 aliphatic heterocycles. The quantitative estimate of drug-likeness (QED) is 0.672. The number of nitrogens with zero attached hydrogens (tertiary/aromatic N) is 1. The molecule has 1 unspecified atom stereocenters. The number of hydrogen-bond acceptors (Lipinski definition) is 4. The number of amides is 1. The van der Waals surface area contributed by atoms with Crippen LogP contribution in [-0.2, 0) is 4.74 Å². The Hall–Kier alpha value is -1.52. The molecule has 1 fully saturated rings. The second-order valence-electron chi connectivity index (χ2n) is 2.61. The Labute approximate surface area is 68.7 Å². The van der Waals surface area contributed by atoms with Gasteiger partial charge in [0.25, 0.3) is 0 Å². The third-order valence-electron chi connectivity index (χ3n) is 1.82. The second-order valence-corrected chi connectivity index (χ2v) is 2.61. The van der Waals surface area contributed by atoms with E-state index in [1.807, 2.05) is 0 Å². The third-order valence-corrected chi connectivity index (χ3v) is 1.82. The van der Waals surface area contributed by atoms with Crippen molar-refractivity contribution in [2.45, 2.75) is 13.0 Å². The Balaban J connectivity index is 2.21. The van der Waals surface area contributed by atoms with E-state index in [0.717, 1.165) is 5.56 Å². The Morgan fingerprint density at radius 3 is 3.08 bits per heavy atom. The smallest absolute Gasteiger partial charge is 0.407 e. The molecule has 1 aliphatic rings. The molecule has 1 atom stereocenters. The molecule has 0 radical (unpaired) electrons. The number of aryl methyl sites for hydroxylation is 1. The number of aromatic nitrogens is 1. The molecule has 1 amide bonds. The highest BCUT2D eigenvalue weighted by Gasteiger charge is 2.27. The van der Waals surface area contributed by atoms with E-state index in [1.54, 1.807) is 13.1 Å². The summed E-state index contributed by atoms with van der Waals surface area (Å²) in [6.45, 7) is 2.27. The van der Waals surface area contributed by atoms with Gasteiger partial charge in [-0.2, -0.15) is 0 Å². The van der Waals surface area contributed by atoms with Crippen LogP contribution in [0.4, 0.5) is 4.79 Å². The number of rotatable bonds is 1. The van der Waals surface area contributed by atoms with Crippen molar-refractivity contribution in [2.24, 2.45) is 0 Å². The summed E-state index contributed by atoms with van der Waals surface area (Å²) in [4.78, 5) is 10.7. The van der Waals surface area contributed by atoms with Crippen molar-refractivity contribution in [2.75, 3.05) is 6.54 Å². The zero-order valence-electron chi connectivity index (χ0n) is 6.53. The first-order chi connectivity index (χ1) is 5.77. The first-order valence-electron chi connectivity index (χ1n) is 3.63. The molecule has 0 aromatic carbocycles. The molecule has 1 N–H and O–H groups in total. The van der Waals surface area contributed by atoms with Gasteiger partial charge in [-0.25, -0.2) is 4.79 Å². The highest BCUT2D eigenvalue weighted by Crippen LogP contribution is 2.23. The average Bonchev–Trinajstić information content (AvgIpc) is 2.58. The summed E-state index contributed by atoms with van der Waals surface area (Å²) < 4.78 is 9.78. The van der Waals surface area contributed by atoms with Crippen LogP contribution in [0.15, 0.2) is 10.7 Å². The monoisotopic (exact) mass is 168 g/mol. The number of carbonyl (C=O) groups is 1. The van der Waals surface area contributed by atoms with Gasteiger partial charge in [-0.3, -0.25) is 0 Å². The van der Waals surface area contributed by atoms with E-state index in [9.17, 15) is 4.79 Å². The van der Waals surface area contributed by atoms with Gasteiger partial charge in [0.2, 0.25) is 0 Å². The lowest BCUT2D eigenvalue weighted by Crippen LogP contribution is -2.12. The van der Waals surface area contributed by atoms with Gasteiger partial charge in [-0.1, -0.05) is 5.16 Å². The van der Waals surface area contributed by atoms with Crippen LogP contribution in [0.25, 0.3) is 0 Å². The highest BCUT2D eigenvalue weighted by molar-refractivity contribution is 5.69. The maximum atomic E-state index is 10.7. The molecule has 1 aromatic heterocycles. The molecular formula is C7H8N2O3. The van der Waals surface area contributed by atoms with Crippen LogP contribution in [0.5, 0.6) is 0 Å². The highest BCUT2D eigenvalue weighted by atomic mass is 16.6. The molecule has 0 spiro atoms. The Kier molecular flexibility index (Phi) is 1.49. The molecule has 0 bridgehead atoms. The largest absolute Gasteiger partial charge is 0.439 e. The van der Waals surface area contributed by atoms with Crippen molar-refractivity contribution in [1.82, 2.24) is 10.5 Å². The number of cyclic esters (lactones) is 1. The van der Waals surface area contributed by atoms with Gasteiger partial charge in [0.1, 0.15) is 5.76 Å². The molecule has 1 aromatic rings. The van der Waals surface area contributed by atoms with Crippen molar-refractivity contribution in [1.29, 1.82) is 0 Å². The molecule has 5 heteroatoms. The minimum absolute atomic E-state index is 0.247. The maximum Gasteiger partial charge on any atom is 0.407 e. The van der Waals surface area contributed by atoms with Crippen LogP contribution in [0, 0.1) is 6.92 Å². The zero-order valence-corrected chi connectivity index (χ0v) is 6.53. The van der Waals surface area contributed by atoms with Gasteiger partial charge >= 0.3 is 6.09 Å². The second kappa shape index (κ2) is 2.51. The SMILES string of the molecule is Cc1oncc1C1CNC(=O)O1. The van der Waals surface area contributed by atoms with Gasteiger partial charge in [0, 0.05) is 0 Å². The molecule has 12 heavy (non-hydrogen) atoms. The predicted molar refractivity (Wildman–Crippen MR) is 38.5 cm³/mol. The number of nitrogens with one attached hydrogen (secondary N) is 1. The van der Waals surface area contributed by atoms with Gasteiger partial charge in [-0.15, -0.1) is 0 Å². The van der Waals surface area contributed by atoms with Gasteiger partial charge in [0.15, 0.2) is 6.10 Å². The summed E-state index contributed by atoms with van der Waals surface area (Å²) >= 11 is 0. The third kappa shape index (κ3) is 1.03. The van der Waals surface area contributed by atoms with Crippen LogP contribution < -0.4 is 5.32 Å². The fraction of sp³-hybridized carbons (Fsp3) is 0.429. The molecule has 1 saturated heterocycles. The fourth-order valence-corrected chi connectivity index (χ4v) is 1.18. The van der Waals surface area contributed by atoms with Crippen molar-refractivity contribution in [3.63, 3.8) is 0 Å². The standard InChI is InChI=1S/C7H8N2O3/c1-4-5(2-9-12-4)6-3-8-7(10)11-6/h2,6H,3H2,1H3,(H,8,10). The molecule has 2 rings (SSSR count). The zero-order chi connectivity index (χ0) is 8.55. The van der Waals surface area contributed by atoms with Crippen LogP contribution in [0.2, 0.25) is 0 Å². The normalized spacial score (nSPS) is 22.1. The summed E-state index contributed by atoms with van der Waals surface area (Å²) in [7, 11) is 0. The van der Waals surface area contributed by atoms with Gasteiger partial charge < -0.3 is 14.6 Å². The van der Waals surface area contributed by atoms with E-state index in [0.29, 0.717) is 12.3 Å². The van der Waals surface area contributed by atoms with Gasteiger partial charge in [-0.05, 0) is 6.92 Å². The summed E-state index contributed by atoms with van der Waals surface area (Å²) in [6, 6.07) is 0. The topological polar surface area (TPSA) is 64.4 Å². The maximum absolute atomic E-state index is 10.7. The number of ether oxygens (including phenoxy) is 1. The number of carbonyl (C=O) groups excluding carboxylic acids is 1. The van der Waals surface area contributed by atoms with Crippen molar-refractivity contribution < 1.29 is 14.1 Å². The lowest BCUT2D eigenvalue weighted by molar-refractivity contribution is 0.140. The molecule has 5 nitrogen and oxygen atoms in total. The Bertz CT molecular complexity index is 307. The van der Waals surface area contributed by atoms with E-state index in [-0.39, 0.29) is 12.2 Å². The van der Waals surface area contributed by atoms with Crippen molar-refractivity contribution in [3.05, 3.63) is 17.5 Å². The fourth-order valence-electron chi connectivity index (χ4n) is 1.18. The van der Waals surface area contributed by atoms with E-state index in [4.69, 9.17) is 9.26 Å². The van der Waals surface area contributed by atoms with Crippen LogP contribution >= 0.6 is 0 Å². The van der Waals surface area contributed by atoms with E-state index >= 15 is 0 Å². The summed E-state index contributed by atoms with van der Waals surface area (Å²) in [6.07, 6.45) is 0.935.